The molecule has 3 rings (SSSR count). The van der Waals surface area contributed by atoms with Crippen molar-refractivity contribution >= 4 is 6.08 Å². The van der Waals surface area contributed by atoms with Gasteiger partial charge in [0.15, 0.2) is 23.2 Å². The lowest BCUT2D eigenvalue weighted by molar-refractivity contribution is 0.0118. The van der Waals surface area contributed by atoms with E-state index in [1.807, 2.05) is 13.0 Å². The Hall–Kier alpha value is -2.27. The lowest BCUT2D eigenvalue weighted by Crippen LogP contribution is -2.21. The number of rotatable bonds is 7. The first-order valence-corrected chi connectivity index (χ1v) is 10.2. The molecule has 1 aliphatic rings. The second-order valence-corrected chi connectivity index (χ2v) is 7.35. The molecule has 5 heteroatoms. The summed E-state index contributed by atoms with van der Waals surface area (Å²) < 4.78 is 53.5. The highest BCUT2D eigenvalue weighted by molar-refractivity contribution is 5.50. The van der Waals surface area contributed by atoms with E-state index >= 15 is 0 Å². The molecule has 0 aromatic heterocycles. The third kappa shape index (κ3) is 5.21. The highest BCUT2D eigenvalue weighted by Crippen LogP contribution is 2.36. The van der Waals surface area contributed by atoms with E-state index in [9.17, 15) is 13.2 Å². The minimum absolute atomic E-state index is 0.00327. The Morgan fingerprint density at radius 3 is 2.41 bits per heavy atom. The summed E-state index contributed by atoms with van der Waals surface area (Å²) in [5.74, 6) is -1.47. The van der Waals surface area contributed by atoms with Crippen molar-refractivity contribution in [2.45, 2.75) is 58.2 Å². The summed E-state index contributed by atoms with van der Waals surface area (Å²) in [6.07, 6.45) is 6.55. The van der Waals surface area contributed by atoms with Crippen LogP contribution in [0.15, 0.2) is 36.4 Å². The minimum Gasteiger partial charge on any atom is -0.491 e. The molecule has 29 heavy (non-hydrogen) atoms. The summed E-state index contributed by atoms with van der Waals surface area (Å²) in [5, 5.41) is 0. The molecule has 0 bridgehead atoms. The molecule has 2 nitrogen and oxygen atoms in total. The smallest absolute Gasteiger partial charge is 0.166 e. The van der Waals surface area contributed by atoms with Gasteiger partial charge in [0, 0.05) is 11.1 Å². The zero-order valence-electron chi connectivity index (χ0n) is 16.9. The Bertz CT molecular complexity index is 855. The molecule has 0 unspecified atom stereocenters. The topological polar surface area (TPSA) is 18.5 Å². The van der Waals surface area contributed by atoms with Gasteiger partial charge in [0.05, 0.1) is 19.3 Å². The van der Waals surface area contributed by atoms with E-state index in [-0.39, 0.29) is 41.3 Å². The van der Waals surface area contributed by atoms with Crippen molar-refractivity contribution in [3.05, 3.63) is 70.5 Å². The summed E-state index contributed by atoms with van der Waals surface area (Å²) >= 11 is 0. The molecule has 0 atom stereocenters. The van der Waals surface area contributed by atoms with E-state index in [2.05, 4.69) is 0 Å². The number of halogens is 3. The van der Waals surface area contributed by atoms with Gasteiger partial charge >= 0.3 is 0 Å². The van der Waals surface area contributed by atoms with Crippen LogP contribution in [0.3, 0.4) is 0 Å². The molecule has 1 fully saturated rings. The van der Waals surface area contributed by atoms with Crippen LogP contribution in [0, 0.1) is 17.5 Å². The normalized spacial score (nSPS) is 19.6. The van der Waals surface area contributed by atoms with Crippen molar-refractivity contribution < 1.29 is 22.6 Å². The Balaban J connectivity index is 1.54. The Labute approximate surface area is 170 Å². The van der Waals surface area contributed by atoms with Crippen molar-refractivity contribution in [1.29, 1.82) is 0 Å². The predicted molar refractivity (Wildman–Crippen MR) is 108 cm³/mol. The van der Waals surface area contributed by atoms with Crippen LogP contribution in [-0.2, 0) is 11.3 Å². The fraction of sp³-hybridized carbons (Fsp3) is 0.417. The van der Waals surface area contributed by atoms with Crippen LogP contribution < -0.4 is 4.74 Å². The number of hydrogen-bond donors (Lipinski definition) is 0. The summed E-state index contributed by atoms with van der Waals surface area (Å²) in [7, 11) is 0. The Kier molecular flexibility index (Phi) is 7.37. The number of benzene rings is 2. The average molecular weight is 404 g/mol. The van der Waals surface area contributed by atoms with Gasteiger partial charge in [0.1, 0.15) is 0 Å². The second kappa shape index (κ2) is 9.97. The molecular weight excluding hydrogens is 377 g/mol. The van der Waals surface area contributed by atoms with Crippen molar-refractivity contribution in [2.75, 3.05) is 6.61 Å². The molecule has 2 aromatic rings. The number of ether oxygens (including phenoxy) is 2. The highest BCUT2D eigenvalue weighted by Gasteiger charge is 2.24. The zero-order chi connectivity index (χ0) is 20.8. The largest absolute Gasteiger partial charge is 0.491 e. The van der Waals surface area contributed by atoms with Gasteiger partial charge in [0.2, 0.25) is 0 Å². The van der Waals surface area contributed by atoms with Crippen LogP contribution in [0.2, 0.25) is 0 Å². The monoisotopic (exact) mass is 404 g/mol. The van der Waals surface area contributed by atoms with E-state index in [0.717, 1.165) is 31.2 Å². The van der Waals surface area contributed by atoms with Gasteiger partial charge in [-0.3, -0.25) is 0 Å². The molecule has 0 saturated heterocycles. The van der Waals surface area contributed by atoms with Crippen molar-refractivity contribution in [3.63, 3.8) is 0 Å². The Morgan fingerprint density at radius 1 is 1.00 bits per heavy atom. The summed E-state index contributed by atoms with van der Waals surface area (Å²) in [6, 6.07) is 8.30. The molecular formula is C24H27F3O2. The molecule has 2 aromatic carbocycles. The first-order valence-electron chi connectivity index (χ1n) is 10.2. The van der Waals surface area contributed by atoms with Gasteiger partial charge in [-0.2, -0.15) is 0 Å². The van der Waals surface area contributed by atoms with E-state index < -0.39 is 11.6 Å². The molecule has 0 radical (unpaired) electrons. The first-order chi connectivity index (χ1) is 14.0. The van der Waals surface area contributed by atoms with E-state index in [1.54, 1.807) is 37.3 Å². The van der Waals surface area contributed by atoms with Gasteiger partial charge in [0.25, 0.3) is 0 Å². The summed E-state index contributed by atoms with van der Waals surface area (Å²) in [6.45, 7) is 4.06. The Morgan fingerprint density at radius 2 is 1.76 bits per heavy atom. The third-order valence-corrected chi connectivity index (χ3v) is 5.41. The number of allylic oxidation sites excluding steroid dienone is 1. The molecule has 0 amide bonds. The maximum atomic E-state index is 14.2. The van der Waals surface area contributed by atoms with E-state index in [4.69, 9.17) is 9.47 Å². The zero-order valence-corrected chi connectivity index (χ0v) is 16.9. The van der Waals surface area contributed by atoms with Gasteiger partial charge in [-0.1, -0.05) is 30.4 Å². The quantitative estimate of drug-likeness (QED) is 0.506. The third-order valence-electron chi connectivity index (χ3n) is 5.41. The van der Waals surface area contributed by atoms with E-state index in [0.29, 0.717) is 6.61 Å². The SMILES string of the molecule is CC=Cc1ccc(COC2CCC(c3ccc(OCC)c(F)c3)CC2)c(F)c1F. The molecule has 0 aliphatic heterocycles. The molecule has 1 aliphatic carbocycles. The fourth-order valence-corrected chi connectivity index (χ4v) is 3.84. The fourth-order valence-electron chi connectivity index (χ4n) is 3.84. The van der Waals surface area contributed by atoms with Crippen molar-refractivity contribution in [2.24, 2.45) is 0 Å². The van der Waals surface area contributed by atoms with Gasteiger partial charge in [-0.15, -0.1) is 0 Å². The molecule has 156 valence electrons. The van der Waals surface area contributed by atoms with Gasteiger partial charge in [-0.25, -0.2) is 13.2 Å². The van der Waals surface area contributed by atoms with Crippen LogP contribution in [0.5, 0.6) is 5.75 Å². The van der Waals surface area contributed by atoms with Crippen molar-refractivity contribution in [1.82, 2.24) is 0 Å². The number of hydrogen-bond acceptors (Lipinski definition) is 2. The van der Waals surface area contributed by atoms with Gasteiger partial charge < -0.3 is 9.47 Å². The van der Waals surface area contributed by atoms with Crippen LogP contribution >= 0.6 is 0 Å². The summed E-state index contributed by atoms with van der Waals surface area (Å²) in [4.78, 5) is 0. The maximum absolute atomic E-state index is 14.2. The summed E-state index contributed by atoms with van der Waals surface area (Å²) in [5.41, 5.74) is 1.43. The maximum Gasteiger partial charge on any atom is 0.166 e. The molecule has 0 spiro atoms. The van der Waals surface area contributed by atoms with E-state index in [1.165, 1.54) is 6.08 Å². The second-order valence-electron chi connectivity index (χ2n) is 7.35. The van der Waals surface area contributed by atoms with Crippen LogP contribution in [-0.4, -0.2) is 12.7 Å². The minimum atomic E-state index is -0.848. The van der Waals surface area contributed by atoms with Crippen molar-refractivity contribution in [3.8, 4) is 5.75 Å². The predicted octanol–water partition coefficient (Wildman–Crippen LogP) is 6.78. The van der Waals surface area contributed by atoms with Crippen LogP contribution in [0.4, 0.5) is 13.2 Å². The van der Waals surface area contributed by atoms with Gasteiger partial charge in [-0.05, 0) is 63.1 Å². The molecule has 0 N–H and O–H groups in total. The lowest BCUT2D eigenvalue weighted by Gasteiger charge is -2.29. The highest BCUT2D eigenvalue weighted by atomic mass is 19.2. The first kappa shape index (κ1) is 21.4. The average Bonchev–Trinajstić information content (AvgIpc) is 2.73. The van der Waals surface area contributed by atoms with Crippen LogP contribution in [0.1, 0.15) is 62.1 Å². The lowest BCUT2D eigenvalue weighted by atomic mass is 9.82. The van der Waals surface area contributed by atoms with Crippen LogP contribution in [0.25, 0.3) is 6.08 Å². The molecule has 1 saturated carbocycles. The standard InChI is InChI=1S/C24H27F3O2/c1-3-5-17-6-7-19(24(27)23(17)26)15-29-20-11-8-16(9-12-20)18-10-13-22(28-4-2)21(25)14-18/h3,5-7,10,13-14,16,20H,4,8-9,11-12,15H2,1-2H3. The molecule has 0 heterocycles.